The molecule has 2 aromatic carbocycles. The molecule has 0 radical (unpaired) electrons. The SMILES string of the molecule is Nc1ccc(F)c(F)c1NC(=O)c1ccc2c(c1)COC2. The third-order valence-corrected chi connectivity index (χ3v) is 3.35. The average Bonchev–Trinajstić information content (AvgIpc) is 2.94. The van der Waals surface area contributed by atoms with Crippen LogP contribution in [0.3, 0.4) is 0 Å². The van der Waals surface area contributed by atoms with E-state index in [2.05, 4.69) is 5.32 Å². The average molecular weight is 290 g/mol. The maximum atomic E-state index is 13.7. The summed E-state index contributed by atoms with van der Waals surface area (Å²) in [6, 6.07) is 7.17. The number of fused-ring (bicyclic) bond motifs is 1. The van der Waals surface area contributed by atoms with Gasteiger partial charge in [-0.2, -0.15) is 0 Å². The number of halogens is 2. The number of anilines is 2. The standard InChI is InChI=1S/C15H12F2N2O2/c16-11-3-4-12(18)14(13(11)17)19-15(20)8-1-2-9-6-21-7-10(9)5-8/h1-5H,6-7,18H2,(H,19,20). The van der Waals surface area contributed by atoms with E-state index in [1.807, 2.05) is 0 Å². The van der Waals surface area contributed by atoms with Crippen molar-refractivity contribution in [3.8, 4) is 0 Å². The van der Waals surface area contributed by atoms with Crippen LogP contribution in [0, 0.1) is 11.6 Å². The highest BCUT2D eigenvalue weighted by molar-refractivity contribution is 6.06. The van der Waals surface area contributed by atoms with Crippen LogP contribution in [-0.4, -0.2) is 5.91 Å². The number of nitrogens with one attached hydrogen (secondary N) is 1. The molecule has 0 aromatic heterocycles. The summed E-state index contributed by atoms with van der Waals surface area (Å²) in [5, 5.41) is 2.31. The summed E-state index contributed by atoms with van der Waals surface area (Å²) in [4.78, 5) is 12.1. The second-order valence-electron chi connectivity index (χ2n) is 4.76. The zero-order valence-corrected chi connectivity index (χ0v) is 11.0. The number of nitrogen functional groups attached to an aromatic ring is 1. The van der Waals surface area contributed by atoms with Crippen LogP contribution >= 0.6 is 0 Å². The molecule has 0 saturated carbocycles. The van der Waals surface area contributed by atoms with E-state index in [0.29, 0.717) is 18.8 Å². The van der Waals surface area contributed by atoms with Crippen molar-refractivity contribution in [1.82, 2.24) is 0 Å². The summed E-state index contributed by atoms with van der Waals surface area (Å²) in [5.41, 5.74) is 7.44. The monoisotopic (exact) mass is 290 g/mol. The molecule has 1 aliphatic rings. The van der Waals surface area contributed by atoms with Crippen molar-refractivity contribution >= 4 is 17.3 Å². The van der Waals surface area contributed by atoms with E-state index in [-0.39, 0.29) is 11.4 Å². The van der Waals surface area contributed by atoms with Crippen LogP contribution in [0.5, 0.6) is 0 Å². The lowest BCUT2D eigenvalue weighted by molar-refractivity contribution is 0.102. The van der Waals surface area contributed by atoms with Crippen LogP contribution in [0.25, 0.3) is 0 Å². The topological polar surface area (TPSA) is 64.3 Å². The minimum Gasteiger partial charge on any atom is -0.397 e. The van der Waals surface area contributed by atoms with Crippen molar-refractivity contribution < 1.29 is 18.3 Å². The van der Waals surface area contributed by atoms with Gasteiger partial charge in [0, 0.05) is 5.56 Å². The molecule has 4 nitrogen and oxygen atoms in total. The fraction of sp³-hybridized carbons (Fsp3) is 0.133. The lowest BCUT2D eigenvalue weighted by Gasteiger charge is -2.10. The van der Waals surface area contributed by atoms with Crippen molar-refractivity contribution in [2.45, 2.75) is 13.2 Å². The molecule has 0 saturated heterocycles. The van der Waals surface area contributed by atoms with Gasteiger partial charge in [-0.05, 0) is 35.4 Å². The van der Waals surface area contributed by atoms with Crippen LogP contribution in [0.4, 0.5) is 20.2 Å². The van der Waals surface area contributed by atoms with Crippen LogP contribution in [0.1, 0.15) is 21.5 Å². The van der Waals surface area contributed by atoms with Gasteiger partial charge in [0.1, 0.15) is 5.69 Å². The number of ether oxygens (including phenoxy) is 1. The highest BCUT2D eigenvalue weighted by atomic mass is 19.2. The van der Waals surface area contributed by atoms with Gasteiger partial charge in [0.05, 0.1) is 18.9 Å². The first-order chi connectivity index (χ1) is 10.1. The molecule has 0 unspecified atom stereocenters. The number of nitrogens with two attached hydrogens (primary N) is 1. The molecule has 1 aliphatic heterocycles. The third kappa shape index (κ3) is 2.45. The second-order valence-corrected chi connectivity index (χ2v) is 4.76. The lowest BCUT2D eigenvalue weighted by atomic mass is 10.1. The van der Waals surface area contributed by atoms with Gasteiger partial charge < -0.3 is 15.8 Å². The van der Waals surface area contributed by atoms with E-state index in [1.165, 1.54) is 6.07 Å². The summed E-state index contributed by atoms with van der Waals surface area (Å²) < 4.78 is 32.1. The van der Waals surface area contributed by atoms with Gasteiger partial charge in [-0.15, -0.1) is 0 Å². The predicted molar refractivity (Wildman–Crippen MR) is 73.7 cm³/mol. The molecule has 1 heterocycles. The van der Waals surface area contributed by atoms with Gasteiger partial charge in [0.2, 0.25) is 0 Å². The number of carbonyl (C=O) groups excluding carboxylic acids is 1. The molecule has 3 N–H and O–H groups in total. The van der Waals surface area contributed by atoms with Crippen LogP contribution in [0.15, 0.2) is 30.3 Å². The van der Waals surface area contributed by atoms with Gasteiger partial charge in [0.25, 0.3) is 5.91 Å². The quantitative estimate of drug-likeness (QED) is 0.836. The number of carbonyl (C=O) groups is 1. The summed E-state index contributed by atoms with van der Waals surface area (Å²) in [5.74, 6) is -2.80. The Morgan fingerprint density at radius 3 is 2.71 bits per heavy atom. The lowest BCUT2D eigenvalue weighted by Crippen LogP contribution is -2.15. The molecule has 0 fully saturated rings. The van der Waals surface area contributed by atoms with Gasteiger partial charge in [0.15, 0.2) is 11.6 Å². The molecular formula is C15H12F2N2O2. The predicted octanol–water partition coefficient (Wildman–Crippen LogP) is 2.83. The Kier molecular flexibility index (Phi) is 3.31. The maximum absolute atomic E-state index is 13.7. The zero-order chi connectivity index (χ0) is 15.0. The van der Waals surface area contributed by atoms with Crippen LogP contribution in [-0.2, 0) is 18.0 Å². The van der Waals surface area contributed by atoms with Gasteiger partial charge in [-0.25, -0.2) is 8.78 Å². The minimum absolute atomic E-state index is 0.0354. The number of rotatable bonds is 2. The highest BCUT2D eigenvalue weighted by Crippen LogP contribution is 2.26. The zero-order valence-electron chi connectivity index (χ0n) is 11.0. The van der Waals surface area contributed by atoms with Gasteiger partial charge in [-0.3, -0.25) is 4.79 Å². The van der Waals surface area contributed by atoms with E-state index in [4.69, 9.17) is 10.5 Å². The largest absolute Gasteiger partial charge is 0.397 e. The fourth-order valence-electron chi connectivity index (χ4n) is 2.19. The van der Waals surface area contributed by atoms with Crippen molar-refractivity contribution in [1.29, 1.82) is 0 Å². The Hall–Kier alpha value is -2.47. The molecule has 3 rings (SSSR count). The van der Waals surface area contributed by atoms with Gasteiger partial charge >= 0.3 is 0 Å². The van der Waals surface area contributed by atoms with Crippen molar-refractivity contribution in [2.24, 2.45) is 0 Å². The molecule has 1 amide bonds. The molecule has 0 spiro atoms. The summed E-state index contributed by atoms with van der Waals surface area (Å²) >= 11 is 0. The Morgan fingerprint density at radius 2 is 1.90 bits per heavy atom. The fourth-order valence-corrected chi connectivity index (χ4v) is 2.19. The van der Waals surface area contributed by atoms with E-state index < -0.39 is 17.5 Å². The van der Waals surface area contributed by atoms with E-state index in [0.717, 1.165) is 17.2 Å². The Balaban J connectivity index is 1.89. The second kappa shape index (κ2) is 5.14. The molecular weight excluding hydrogens is 278 g/mol. The molecule has 21 heavy (non-hydrogen) atoms. The first-order valence-electron chi connectivity index (χ1n) is 6.30. The van der Waals surface area contributed by atoms with E-state index >= 15 is 0 Å². The molecule has 108 valence electrons. The van der Waals surface area contributed by atoms with Crippen molar-refractivity contribution in [3.63, 3.8) is 0 Å². The van der Waals surface area contributed by atoms with Crippen LogP contribution in [0.2, 0.25) is 0 Å². The summed E-state index contributed by atoms with van der Waals surface area (Å²) in [6.45, 7) is 0.954. The highest BCUT2D eigenvalue weighted by Gasteiger charge is 2.18. The first kappa shape index (κ1) is 13.5. The Morgan fingerprint density at radius 1 is 1.14 bits per heavy atom. The van der Waals surface area contributed by atoms with Crippen molar-refractivity contribution in [2.75, 3.05) is 11.1 Å². The first-order valence-corrected chi connectivity index (χ1v) is 6.30. The minimum atomic E-state index is -1.17. The molecule has 0 bridgehead atoms. The number of hydrogen-bond donors (Lipinski definition) is 2. The van der Waals surface area contributed by atoms with E-state index in [1.54, 1.807) is 18.2 Å². The third-order valence-electron chi connectivity index (χ3n) is 3.35. The number of amides is 1. The molecule has 0 atom stereocenters. The summed E-state index contributed by atoms with van der Waals surface area (Å²) in [6.07, 6.45) is 0. The van der Waals surface area contributed by atoms with Crippen LogP contribution < -0.4 is 11.1 Å². The normalized spacial score (nSPS) is 13.0. The maximum Gasteiger partial charge on any atom is 0.255 e. The number of hydrogen-bond acceptors (Lipinski definition) is 3. The van der Waals surface area contributed by atoms with Gasteiger partial charge in [-0.1, -0.05) is 6.07 Å². The van der Waals surface area contributed by atoms with E-state index in [9.17, 15) is 13.6 Å². The smallest absolute Gasteiger partial charge is 0.255 e. The molecule has 2 aromatic rings. The molecule has 6 heteroatoms. The molecule has 0 aliphatic carbocycles. The summed E-state index contributed by atoms with van der Waals surface area (Å²) in [7, 11) is 0. The number of benzene rings is 2. The Bertz CT molecular complexity index is 732. The Labute approximate surface area is 119 Å². The van der Waals surface area contributed by atoms with Crippen molar-refractivity contribution in [3.05, 3.63) is 58.7 Å².